The molecule has 3 rings (SSSR count). The first-order valence-corrected chi connectivity index (χ1v) is 8.00. The minimum absolute atomic E-state index is 0.225. The molecule has 0 saturated heterocycles. The fraction of sp³-hybridized carbons (Fsp3) is 0.0952. The summed E-state index contributed by atoms with van der Waals surface area (Å²) in [6.07, 6.45) is 2.68. The zero-order valence-electron chi connectivity index (χ0n) is 13.5. The van der Waals surface area contributed by atoms with Crippen LogP contribution >= 0.6 is 0 Å². The third kappa shape index (κ3) is 4.11. The normalized spacial score (nSPS) is 12.4. The van der Waals surface area contributed by atoms with E-state index < -0.39 is 11.9 Å². The van der Waals surface area contributed by atoms with E-state index in [1.54, 1.807) is 18.2 Å². The first-order chi connectivity index (χ1) is 12.2. The Morgan fingerprint density at radius 3 is 2.52 bits per heavy atom. The van der Waals surface area contributed by atoms with Gasteiger partial charge in [-0.2, -0.15) is 0 Å². The third-order valence-corrected chi connectivity index (χ3v) is 3.99. The Morgan fingerprint density at radius 1 is 1.04 bits per heavy atom. The maximum atomic E-state index is 13.6. The first kappa shape index (κ1) is 16.9. The van der Waals surface area contributed by atoms with Crippen molar-refractivity contribution < 1.29 is 14.3 Å². The monoisotopic (exact) mass is 335 g/mol. The SMILES string of the molecule is O=C(C=Cc1ccccc1F)NC(CO)c1ccc2ccccc2c1. The molecule has 3 nitrogen and oxygen atoms in total. The van der Waals surface area contributed by atoms with E-state index in [9.17, 15) is 14.3 Å². The van der Waals surface area contributed by atoms with Crippen molar-refractivity contribution in [2.24, 2.45) is 0 Å². The van der Waals surface area contributed by atoms with Gasteiger partial charge in [-0.1, -0.05) is 54.6 Å². The molecule has 0 aliphatic rings. The van der Waals surface area contributed by atoms with Gasteiger partial charge in [-0.05, 0) is 34.5 Å². The number of benzene rings is 3. The van der Waals surface area contributed by atoms with Gasteiger partial charge in [0.05, 0.1) is 12.6 Å². The number of carbonyl (C=O) groups is 1. The van der Waals surface area contributed by atoms with Crippen LogP contribution in [-0.2, 0) is 4.79 Å². The molecule has 0 saturated carbocycles. The molecule has 0 bridgehead atoms. The van der Waals surface area contributed by atoms with Gasteiger partial charge in [0.1, 0.15) is 5.82 Å². The second-order valence-corrected chi connectivity index (χ2v) is 5.71. The summed E-state index contributed by atoms with van der Waals surface area (Å²) < 4.78 is 13.6. The maximum absolute atomic E-state index is 13.6. The van der Waals surface area contributed by atoms with Crippen LogP contribution in [0.15, 0.2) is 72.8 Å². The number of carbonyl (C=O) groups excluding carboxylic acids is 1. The topological polar surface area (TPSA) is 49.3 Å². The van der Waals surface area contributed by atoms with Gasteiger partial charge in [-0.25, -0.2) is 4.39 Å². The van der Waals surface area contributed by atoms with Gasteiger partial charge in [0.25, 0.3) is 0 Å². The van der Waals surface area contributed by atoms with E-state index in [0.717, 1.165) is 16.3 Å². The van der Waals surface area contributed by atoms with Crippen molar-refractivity contribution in [1.82, 2.24) is 5.32 Å². The van der Waals surface area contributed by atoms with Crippen molar-refractivity contribution in [2.75, 3.05) is 6.61 Å². The minimum Gasteiger partial charge on any atom is -0.394 e. The summed E-state index contributed by atoms with van der Waals surface area (Å²) in [6, 6.07) is 19.3. The molecule has 1 atom stereocenters. The lowest BCUT2D eigenvalue weighted by atomic mass is 10.0. The van der Waals surface area contributed by atoms with Crippen LogP contribution < -0.4 is 5.32 Å². The summed E-state index contributed by atoms with van der Waals surface area (Å²) in [4.78, 5) is 12.1. The predicted octanol–water partition coefficient (Wildman–Crippen LogP) is 3.84. The predicted molar refractivity (Wildman–Crippen MR) is 97.4 cm³/mol. The molecule has 0 aromatic heterocycles. The number of fused-ring (bicyclic) bond motifs is 1. The Balaban J connectivity index is 1.74. The summed E-state index contributed by atoms with van der Waals surface area (Å²) in [5, 5.41) is 14.5. The highest BCUT2D eigenvalue weighted by Gasteiger charge is 2.12. The molecule has 0 aliphatic carbocycles. The third-order valence-electron chi connectivity index (χ3n) is 3.99. The Hall–Kier alpha value is -2.98. The maximum Gasteiger partial charge on any atom is 0.244 e. The van der Waals surface area contributed by atoms with Crippen LogP contribution in [0.2, 0.25) is 0 Å². The quantitative estimate of drug-likeness (QED) is 0.696. The lowest BCUT2D eigenvalue weighted by Gasteiger charge is -2.16. The molecule has 2 N–H and O–H groups in total. The minimum atomic E-state index is -0.526. The Bertz CT molecular complexity index is 920. The zero-order chi connectivity index (χ0) is 17.6. The molecule has 0 heterocycles. The van der Waals surface area contributed by atoms with Crippen LogP contribution in [0.1, 0.15) is 17.2 Å². The summed E-state index contributed by atoms with van der Waals surface area (Å²) in [5.41, 5.74) is 1.15. The fourth-order valence-corrected chi connectivity index (χ4v) is 2.65. The van der Waals surface area contributed by atoms with Crippen molar-refractivity contribution in [1.29, 1.82) is 0 Å². The molecule has 0 spiro atoms. The fourth-order valence-electron chi connectivity index (χ4n) is 2.65. The summed E-state index contributed by atoms with van der Waals surface area (Å²) in [7, 11) is 0. The van der Waals surface area contributed by atoms with Crippen molar-refractivity contribution in [3.8, 4) is 0 Å². The molecule has 0 radical (unpaired) electrons. The van der Waals surface area contributed by atoms with E-state index in [-0.39, 0.29) is 12.4 Å². The van der Waals surface area contributed by atoms with Crippen molar-refractivity contribution in [3.05, 3.63) is 89.8 Å². The molecule has 1 unspecified atom stereocenters. The number of hydrogen-bond acceptors (Lipinski definition) is 2. The highest BCUT2D eigenvalue weighted by atomic mass is 19.1. The van der Waals surface area contributed by atoms with E-state index in [1.165, 1.54) is 18.2 Å². The molecule has 3 aromatic rings. The standard InChI is InChI=1S/C21H18FNO2/c22-19-8-4-3-6-16(19)11-12-21(25)23-20(14-24)18-10-9-15-5-1-2-7-17(15)13-18/h1-13,20,24H,14H2,(H,23,25). The van der Waals surface area contributed by atoms with E-state index in [0.29, 0.717) is 5.56 Å². The highest BCUT2D eigenvalue weighted by Crippen LogP contribution is 2.20. The molecule has 0 aliphatic heterocycles. The average Bonchev–Trinajstić information content (AvgIpc) is 2.65. The van der Waals surface area contributed by atoms with Gasteiger partial charge >= 0.3 is 0 Å². The smallest absolute Gasteiger partial charge is 0.244 e. The van der Waals surface area contributed by atoms with Gasteiger partial charge in [-0.15, -0.1) is 0 Å². The van der Waals surface area contributed by atoms with Crippen LogP contribution in [0.3, 0.4) is 0 Å². The van der Waals surface area contributed by atoms with Gasteiger partial charge in [0.15, 0.2) is 0 Å². The van der Waals surface area contributed by atoms with Gasteiger partial charge in [-0.3, -0.25) is 4.79 Å². The number of nitrogens with one attached hydrogen (secondary N) is 1. The van der Waals surface area contributed by atoms with Crippen LogP contribution in [0.25, 0.3) is 16.8 Å². The largest absolute Gasteiger partial charge is 0.394 e. The first-order valence-electron chi connectivity index (χ1n) is 8.00. The second kappa shape index (κ2) is 7.73. The summed E-state index contributed by atoms with van der Waals surface area (Å²) in [5.74, 6) is -0.782. The molecule has 25 heavy (non-hydrogen) atoms. The number of aliphatic hydroxyl groups excluding tert-OH is 1. The van der Waals surface area contributed by atoms with Crippen molar-refractivity contribution in [2.45, 2.75) is 6.04 Å². The van der Waals surface area contributed by atoms with Crippen LogP contribution in [0.5, 0.6) is 0 Å². The van der Waals surface area contributed by atoms with E-state index in [4.69, 9.17) is 0 Å². The summed E-state index contributed by atoms with van der Waals surface area (Å²) in [6.45, 7) is -0.225. The highest BCUT2D eigenvalue weighted by molar-refractivity contribution is 5.92. The van der Waals surface area contributed by atoms with Crippen molar-refractivity contribution >= 4 is 22.8 Å². The Labute approximate surface area is 145 Å². The van der Waals surface area contributed by atoms with Crippen LogP contribution in [0.4, 0.5) is 4.39 Å². The number of amides is 1. The molecule has 126 valence electrons. The molecule has 0 fully saturated rings. The van der Waals surface area contributed by atoms with Gasteiger partial charge < -0.3 is 10.4 Å². The summed E-state index contributed by atoms with van der Waals surface area (Å²) >= 11 is 0. The molecule has 3 aromatic carbocycles. The lowest BCUT2D eigenvalue weighted by Crippen LogP contribution is -2.29. The zero-order valence-corrected chi connectivity index (χ0v) is 13.5. The number of aliphatic hydroxyl groups is 1. The lowest BCUT2D eigenvalue weighted by molar-refractivity contribution is -0.117. The van der Waals surface area contributed by atoms with E-state index in [1.807, 2.05) is 42.5 Å². The Kier molecular flexibility index (Phi) is 5.21. The molecule has 4 heteroatoms. The van der Waals surface area contributed by atoms with E-state index in [2.05, 4.69) is 5.32 Å². The molecular weight excluding hydrogens is 317 g/mol. The Morgan fingerprint density at radius 2 is 1.76 bits per heavy atom. The second-order valence-electron chi connectivity index (χ2n) is 5.71. The van der Waals surface area contributed by atoms with Crippen molar-refractivity contribution in [3.63, 3.8) is 0 Å². The van der Waals surface area contributed by atoms with Crippen LogP contribution in [-0.4, -0.2) is 17.6 Å². The van der Waals surface area contributed by atoms with Gasteiger partial charge in [0.2, 0.25) is 5.91 Å². The van der Waals surface area contributed by atoms with E-state index >= 15 is 0 Å². The molecular formula is C21H18FNO2. The van der Waals surface area contributed by atoms with Gasteiger partial charge in [0, 0.05) is 11.6 Å². The number of rotatable bonds is 5. The number of hydrogen-bond donors (Lipinski definition) is 2. The number of halogens is 1. The van der Waals surface area contributed by atoms with Crippen LogP contribution in [0, 0.1) is 5.82 Å². The average molecular weight is 335 g/mol. The molecule has 1 amide bonds.